The Morgan fingerprint density at radius 3 is 2.88 bits per heavy atom. The second kappa shape index (κ2) is 7.59. The molecule has 0 atom stereocenters. The first-order chi connectivity index (χ1) is 11.6. The van der Waals surface area contributed by atoms with Crippen LogP contribution in [0.2, 0.25) is 0 Å². The lowest BCUT2D eigenvalue weighted by atomic mass is 10.2. The molecule has 0 aliphatic rings. The number of benzene rings is 1. The van der Waals surface area contributed by atoms with Crippen molar-refractivity contribution in [3.8, 4) is 11.4 Å². The van der Waals surface area contributed by atoms with E-state index >= 15 is 0 Å². The number of hydrogen-bond acceptors (Lipinski definition) is 5. The second-order valence-electron chi connectivity index (χ2n) is 5.36. The highest BCUT2D eigenvalue weighted by atomic mass is 32.2. The number of nitrogens with zero attached hydrogens (tertiary/aromatic N) is 2. The van der Waals surface area contributed by atoms with Crippen molar-refractivity contribution in [1.29, 1.82) is 0 Å². The molecule has 122 valence electrons. The van der Waals surface area contributed by atoms with Gasteiger partial charge in [-0.15, -0.1) is 23.1 Å². The summed E-state index contributed by atoms with van der Waals surface area (Å²) in [6, 6.07) is 11.9. The van der Waals surface area contributed by atoms with E-state index in [1.54, 1.807) is 18.0 Å². The van der Waals surface area contributed by atoms with E-state index in [1.165, 1.54) is 22.5 Å². The first kappa shape index (κ1) is 16.7. The number of carbonyl (C=O) groups is 1. The van der Waals surface area contributed by atoms with Crippen LogP contribution in [-0.2, 0) is 4.79 Å². The Hall–Kier alpha value is -2.18. The highest BCUT2D eigenvalue weighted by Gasteiger charge is 2.10. The standard InChI is InChI=1S/C18H17N3OS2/c1-12-6-7-13(2)16(9-12)23-11-17(22)21-18-20-15(10-24-18)14-5-3-4-8-19-14/h3-10H,11H2,1-2H3,(H,20,21,22). The largest absolute Gasteiger partial charge is 0.301 e. The normalized spacial score (nSPS) is 10.6. The third-order valence-corrected chi connectivity index (χ3v) is 5.30. The molecule has 0 spiro atoms. The van der Waals surface area contributed by atoms with E-state index in [0.717, 1.165) is 16.3 Å². The van der Waals surface area contributed by atoms with Crippen LogP contribution in [0.1, 0.15) is 11.1 Å². The van der Waals surface area contributed by atoms with E-state index in [2.05, 4.69) is 47.3 Å². The maximum absolute atomic E-state index is 12.1. The topological polar surface area (TPSA) is 54.9 Å². The molecule has 0 radical (unpaired) electrons. The van der Waals surface area contributed by atoms with Gasteiger partial charge in [-0.2, -0.15) is 0 Å². The molecule has 0 unspecified atom stereocenters. The van der Waals surface area contributed by atoms with Crippen LogP contribution >= 0.6 is 23.1 Å². The van der Waals surface area contributed by atoms with Gasteiger partial charge in [0.1, 0.15) is 5.69 Å². The molecule has 0 bridgehead atoms. The lowest BCUT2D eigenvalue weighted by Gasteiger charge is -2.06. The molecule has 0 fully saturated rings. The molecule has 6 heteroatoms. The van der Waals surface area contributed by atoms with Crippen LogP contribution < -0.4 is 5.32 Å². The number of thiazole rings is 1. The molecule has 0 aliphatic carbocycles. The summed E-state index contributed by atoms with van der Waals surface area (Å²) in [6.45, 7) is 4.11. The first-order valence-electron chi connectivity index (χ1n) is 7.48. The van der Waals surface area contributed by atoms with Crippen molar-refractivity contribution in [3.05, 3.63) is 59.1 Å². The maximum Gasteiger partial charge on any atom is 0.236 e. The highest BCUT2D eigenvalue weighted by molar-refractivity contribution is 8.00. The van der Waals surface area contributed by atoms with Crippen LogP contribution in [0.15, 0.2) is 52.9 Å². The summed E-state index contributed by atoms with van der Waals surface area (Å²) in [7, 11) is 0. The fraction of sp³-hybridized carbons (Fsp3) is 0.167. The summed E-state index contributed by atoms with van der Waals surface area (Å²) in [5, 5.41) is 5.35. The molecule has 2 heterocycles. The number of nitrogens with one attached hydrogen (secondary N) is 1. The van der Waals surface area contributed by atoms with Crippen molar-refractivity contribution in [2.24, 2.45) is 0 Å². The maximum atomic E-state index is 12.1. The van der Waals surface area contributed by atoms with Gasteiger partial charge in [0.15, 0.2) is 5.13 Å². The van der Waals surface area contributed by atoms with E-state index in [-0.39, 0.29) is 5.91 Å². The van der Waals surface area contributed by atoms with Crippen molar-refractivity contribution in [3.63, 3.8) is 0 Å². The number of carbonyl (C=O) groups excluding carboxylic acids is 1. The van der Waals surface area contributed by atoms with Crippen molar-refractivity contribution in [2.45, 2.75) is 18.7 Å². The molecule has 1 aromatic carbocycles. The Balaban J connectivity index is 1.59. The molecule has 1 N–H and O–H groups in total. The fourth-order valence-electron chi connectivity index (χ4n) is 2.12. The molecule has 24 heavy (non-hydrogen) atoms. The van der Waals surface area contributed by atoms with Crippen molar-refractivity contribution >= 4 is 34.1 Å². The summed E-state index contributed by atoms with van der Waals surface area (Å²) in [6.07, 6.45) is 1.73. The third-order valence-electron chi connectivity index (χ3n) is 3.38. The van der Waals surface area contributed by atoms with Crippen LogP contribution in [0.4, 0.5) is 5.13 Å². The van der Waals surface area contributed by atoms with Crippen molar-refractivity contribution in [2.75, 3.05) is 11.1 Å². The van der Waals surface area contributed by atoms with Crippen LogP contribution in [0.3, 0.4) is 0 Å². The SMILES string of the molecule is Cc1ccc(C)c(SCC(=O)Nc2nc(-c3ccccn3)cs2)c1. The van der Waals surface area contributed by atoms with Crippen LogP contribution in [0.25, 0.3) is 11.4 Å². The van der Waals surface area contributed by atoms with Crippen molar-refractivity contribution < 1.29 is 4.79 Å². The quantitative estimate of drug-likeness (QED) is 0.682. The average Bonchev–Trinajstić information content (AvgIpc) is 3.05. The monoisotopic (exact) mass is 355 g/mol. The zero-order valence-electron chi connectivity index (χ0n) is 13.4. The smallest absolute Gasteiger partial charge is 0.236 e. The lowest BCUT2D eigenvalue weighted by Crippen LogP contribution is -2.13. The number of amides is 1. The zero-order chi connectivity index (χ0) is 16.9. The third kappa shape index (κ3) is 4.21. The summed E-state index contributed by atoms with van der Waals surface area (Å²) in [5.41, 5.74) is 3.96. The van der Waals surface area contributed by atoms with Crippen molar-refractivity contribution in [1.82, 2.24) is 9.97 Å². The van der Waals surface area contributed by atoms with Gasteiger partial charge in [0.25, 0.3) is 0 Å². The number of anilines is 1. The van der Waals surface area contributed by atoms with Gasteiger partial charge in [-0.05, 0) is 37.6 Å². The Morgan fingerprint density at radius 1 is 1.21 bits per heavy atom. The van der Waals surface area contributed by atoms with Gasteiger partial charge in [0, 0.05) is 16.5 Å². The van der Waals surface area contributed by atoms with Gasteiger partial charge >= 0.3 is 0 Å². The highest BCUT2D eigenvalue weighted by Crippen LogP contribution is 2.25. The predicted octanol–water partition coefficient (Wildman–Crippen LogP) is 4.55. The van der Waals surface area contributed by atoms with E-state index in [4.69, 9.17) is 0 Å². The molecule has 2 aromatic heterocycles. The molecular formula is C18H17N3OS2. The van der Waals surface area contributed by atoms with E-state index in [0.29, 0.717) is 10.9 Å². The molecule has 0 aliphatic heterocycles. The molecular weight excluding hydrogens is 338 g/mol. The Kier molecular flexibility index (Phi) is 5.27. The molecule has 0 saturated carbocycles. The minimum absolute atomic E-state index is 0.0529. The van der Waals surface area contributed by atoms with E-state index < -0.39 is 0 Å². The predicted molar refractivity (Wildman–Crippen MR) is 101 cm³/mol. The molecule has 3 aromatic rings. The Morgan fingerprint density at radius 2 is 2.08 bits per heavy atom. The van der Waals surface area contributed by atoms with E-state index in [1.807, 2.05) is 23.6 Å². The summed E-state index contributed by atoms with van der Waals surface area (Å²) in [5.74, 6) is 0.311. The number of rotatable bonds is 5. The summed E-state index contributed by atoms with van der Waals surface area (Å²) < 4.78 is 0. The molecule has 3 rings (SSSR count). The Bertz CT molecular complexity index is 846. The lowest BCUT2D eigenvalue weighted by molar-refractivity contribution is -0.113. The minimum atomic E-state index is -0.0529. The Labute approximate surface area is 149 Å². The minimum Gasteiger partial charge on any atom is -0.301 e. The number of aryl methyl sites for hydroxylation is 2. The number of aromatic nitrogens is 2. The zero-order valence-corrected chi connectivity index (χ0v) is 15.1. The molecule has 0 saturated heterocycles. The van der Waals surface area contributed by atoms with Gasteiger partial charge in [0.05, 0.1) is 11.4 Å². The second-order valence-corrected chi connectivity index (χ2v) is 7.23. The number of thioether (sulfide) groups is 1. The van der Waals surface area contributed by atoms with Crippen LogP contribution in [0.5, 0.6) is 0 Å². The number of pyridine rings is 1. The average molecular weight is 355 g/mol. The fourth-order valence-corrected chi connectivity index (χ4v) is 3.77. The van der Waals surface area contributed by atoms with Gasteiger partial charge in [-0.1, -0.05) is 23.8 Å². The van der Waals surface area contributed by atoms with Crippen LogP contribution in [0, 0.1) is 13.8 Å². The van der Waals surface area contributed by atoms with Gasteiger partial charge in [-0.25, -0.2) is 4.98 Å². The van der Waals surface area contributed by atoms with Gasteiger partial charge < -0.3 is 5.32 Å². The molecule has 1 amide bonds. The van der Waals surface area contributed by atoms with Gasteiger partial charge in [-0.3, -0.25) is 9.78 Å². The van der Waals surface area contributed by atoms with Gasteiger partial charge in [0.2, 0.25) is 5.91 Å². The van der Waals surface area contributed by atoms with Crippen LogP contribution in [-0.4, -0.2) is 21.6 Å². The van der Waals surface area contributed by atoms with E-state index in [9.17, 15) is 4.79 Å². The first-order valence-corrected chi connectivity index (χ1v) is 9.35. The summed E-state index contributed by atoms with van der Waals surface area (Å²) >= 11 is 2.95. The summed E-state index contributed by atoms with van der Waals surface area (Å²) in [4.78, 5) is 22.0. The molecule has 4 nitrogen and oxygen atoms in total. The number of hydrogen-bond donors (Lipinski definition) is 1.